The third kappa shape index (κ3) is 11.4. The van der Waals surface area contributed by atoms with Crippen LogP contribution in [0, 0.1) is 6.08 Å². The molecule has 0 fully saturated rings. The standard InChI is InChI=1S/C5H5.C2H3O.Pt/c1-2-4-5-3-1;1-2-3;/h1-3H,4H2;1H3;/q2*-1;+2. The molecule has 0 atom stereocenters. The van der Waals surface area contributed by atoms with E-state index in [4.69, 9.17) is 4.79 Å². The minimum atomic E-state index is 0. The van der Waals surface area contributed by atoms with Gasteiger partial charge in [0.05, 0.1) is 0 Å². The number of rotatable bonds is 0. The summed E-state index contributed by atoms with van der Waals surface area (Å²) in [6.07, 6.45) is 11.5. The first-order valence-corrected chi connectivity index (χ1v) is 2.42. The molecule has 0 aromatic rings. The number of allylic oxidation sites excluding steroid dienone is 4. The van der Waals surface area contributed by atoms with E-state index in [-0.39, 0.29) is 21.1 Å². The normalized spacial score (nSPS) is 11.2. The van der Waals surface area contributed by atoms with E-state index in [1.165, 1.54) is 13.2 Å². The first kappa shape index (κ1) is 11.6. The summed E-state index contributed by atoms with van der Waals surface area (Å²) in [5.74, 6) is 0. The average molecular weight is 303 g/mol. The molecule has 0 unspecified atom stereocenters. The summed E-state index contributed by atoms with van der Waals surface area (Å²) in [7, 11) is 0. The Morgan fingerprint density at radius 2 is 2.22 bits per heavy atom. The average Bonchev–Trinajstić information content (AvgIpc) is 2.17. The third-order valence-electron chi connectivity index (χ3n) is 0.586. The monoisotopic (exact) mass is 303 g/mol. The summed E-state index contributed by atoms with van der Waals surface area (Å²) < 4.78 is 0. The molecule has 0 radical (unpaired) electrons. The summed E-state index contributed by atoms with van der Waals surface area (Å²) in [5.41, 5.74) is 0. The van der Waals surface area contributed by atoms with Crippen molar-refractivity contribution >= 4 is 6.29 Å². The van der Waals surface area contributed by atoms with Gasteiger partial charge in [-0.05, 0) is 0 Å². The first-order valence-electron chi connectivity index (χ1n) is 2.42. The summed E-state index contributed by atoms with van der Waals surface area (Å²) >= 11 is 0. The number of hydrogen-bond donors (Lipinski definition) is 0. The second-order valence-corrected chi connectivity index (χ2v) is 1.21. The van der Waals surface area contributed by atoms with Gasteiger partial charge in [-0.2, -0.15) is 13.0 Å². The van der Waals surface area contributed by atoms with Gasteiger partial charge in [-0.1, -0.05) is 0 Å². The molecule has 1 aliphatic carbocycles. The van der Waals surface area contributed by atoms with Crippen molar-refractivity contribution in [1.29, 1.82) is 0 Å². The van der Waals surface area contributed by atoms with Gasteiger partial charge in [0.15, 0.2) is 0 Å². The molecule has 0 amide bonds. The Morgan fingerprint density at radius 1 is 1.67 bits per heavy atom. The Balaban J connectivity index is 0. The van der Waals surface area contributed by atoms with E-state index in [2.05, 4.69) is 12.2 Å². The molecule has 52 valence electrons. The van der Waals surface area contributed by atoms with E-state index in [9.17, 15) is 0 Å². The predicted molar refractivity (Wildman–Crippen MR) is 32.9 cm³/mol. The first-order chi connectivity index (χ1) is 3.91. The van der Waals surface area contributed by atoms with E-state index in [1.54, 1.807) is 0 Å². The van der Waals surface area contributed by atoms with Gasteiger partial charge in [0.1, 0.15) is 0 Å². The largest absolute Gasteiger partial charge is 2.00 e. The van der Waals surface area contributed by atoms with Gasteiger partial charge in [-0.25, -0.2) is 12.2 Å². The molecule has 0 aliphatic heterocycles. The van der Waals surface area contributed by atoms with E-state index < -0.39 is 0 Å². The van der Waals surface area contributed by atoms with Gasteiger partial charge in [0.2, 0.25) is 0 Å². The van der Waals surface area contributed by atoms with Crippen molar-refractivity contribution in [2.75, 3.05) is 0 Å². The Hall–Kier alpha value is -0.162. The topological polar surface area (TPSA) is 17.1 Å². The summed E-state index contributed by atoms with van der Waals surface area (Å²) in [6, 6.07) is 0. The molecule has 1 rings (SSSR count). The van der Waals surface area contributed by atoms with Crippen LogP contribution < -0.4 is 0 Å². The van der Waals surface area contributed by atoms with E-state index in [0.29, 0.717) is 0 Å². The van der Waals surface area contributed by atoms with Crippen molar-refractivity contribution < 1.29 is 25.9 Å². The van der Waals surface area contributed by atoms with Gasteiger partial charge >= 0.3 is 21.1 Å². The van der Waals surface area contributed by atoms with Crippen LogP contribution in [0.2, 0.25) is 0 Å². The number of carbonyl (C=O) groups excluding carboxylic acids is 1. The second-order valence-electron chi connectivity index (χ2n) is 1.21. The van der Waals surface area contributed by atoms with Crippen LogP contribution in [-0.4, -0.2) is 6.29 Å². The van der Waals surface area contributed by atoms with Crippen LogP contribution in [0.5, 0.6) is 0 Å². The molecular weight excluding hydrogens is 295 g/mol. The predicted octanol–water partition coefficient (Wildman–Crippen LogP) is 1.42. The molecule has 1 nitrogen and oxygen atoms in total. The zero-order chi connectivity index (χ0) is 6.24. The molecule has 1 aliphatic rings. The van der Waals surface area contributed by atoms with E-state index in [1.807, 2.05) is 12.2 Å². The van der Waals surface area contributed by atoms with Crippen LogP contribution in [0.4, 0.5) is 0 Å². The van der Waals surface area contributed by atoms with Gasteiger partial charge in [0, 0.05) is 0 Å². The Morgan fingerprint density at radius 3 is 2.33 bits per heavy atom. The fraction of sp³-hybridized carbons (Fsp3) is 0.286. The fourth-order valence-electron chi connectivity index (χ4n) is 0.340. The van der Waals surface area contributed by atoms with Crippen molar-refractivity contribution in [1.82, 2.24) is 0 Å². The smallest absolute Gasteiger partial charge is 0.542 e. The van der Waals surface area contributed by atoms with Crippen molar-refractivity contribution in [2.45, 2.75) is 13.3 Å². The molecule has 0 spiro atoms. The molecule has 0 bridgehead atoms. The molecular formula is C7H8OPt. The van der Waals surface area contributed by atoms with Crippen LogP contribution in [0.15, 0.2) is 18.2 Å². The van der Waals surface area contributed by atoms with Gasteiger partial charge in [0.25, 0.3) is 0 Å². The summed E-state index contributed by atoms with van der Waals surface area (Å²) in [4.78, 5) is 8.68. The molecule has 0 N–H and O–H groups in total. The summed E-state index contributed by atoms with van der Waals surface area (Å²) in [6.45, 7) is 1.32. The van der Waals surface area contributed by atoms with Crippen LogP contribution in [-0.2, 0) is 25.9 Å². The fourth-order valence-corrected chi connectivity index (χ4v) is 0.340. The zero-order valence-corrected chi connectivity index (χ0v) is 7.44. The minimum Gasteiger partial charge on any atom is -0.542 e. The molecule has 2 heteroatoms. The van der Waals surface area contributed by atoms with Gasteiger partial charge in [-0.3, -0.25) is 12.4 Å². The van der Waals surface area contributed by atoms with Crippen molar-refractivity contribution in [3.63, 3.8) is 0 Å². The molecule has 0 aromatic carbocycles. The molecule has 0 aromatic heterocycles. The quantitative estimate of drug-likeness (QED) is 0.619. The summed E-state index contributed by atoms with van der Waals surface area (Å²) in [5, 5.41) is 0. The maximum Gasteiger partial charge on any atom is 2.00 e. The van der Waals surface area contributed by atoms with E-state index in [0.717, 1.165) is 6.42 Å². The minimum absolute atomic E-state index is 0. The van der Waals surface area contributed by atoms with E-state index >= 15 is 0 Å². The van der Waals surface area contributed by atoms with Gasteiger partial charge in [-0.15, -0.1) is 6.42 Å². The maximum atomic E-state index is 8.68. The Bertz CT molecular complexity index is 95.5. The maximum absolute atomic E-state index is 8.68. The number of hydrogen-bond acceptors (Lipinski definition) is 1. The molecule has 0 heterocycles. The van der Waals surface area contributed by atoms with Crippen LogP contribution in [0.1, 0.15) is 13.3 Å². The third-order valence-corrected chi connectivity index (χ3v) is 0.586. The second kappa shape index (κ2) is 10.8. The Labute approximate surface area is 70.1 Å². The molecule has 0 saturated heterocycles. The molecule has 9 heavy (non-hydrogen) atoms. The van der Waals surface area contributed by atoms with Crippen molar-refractivity contribution in [3.05, 3.63) is 24.3 Å². The van der Waals surface area contributed by atoms with Crippen molar-refractivity contribution in [2.24, 2.45) is 0 Å². The van der Waals surface area contributed by atoms with Crippen LogP contribution >= 0.6 is 0 Å². The SMILES string of the molecule is C[C-]=O.[C-]1=CC=CC1.[Pt+2]. The van der Waals surface area contributed by atoms with Crippen LogP contribution in [0.25, 0.3) is 0 Å². The van der Waals surface area contributed by atoms with Crippen molar-refractivity contribution in [3.8, 4) is 0 Å². The zero-order valence-electron chi connectivity index (χ0n) is 5.16. The van der Waals surface area contributed by atoms with Crippen LogP contribution in [0.3, 0.4) is 0 Å². The Kier molecular flexibility index (Phi) is 13.9. The molecule has 0 saturated carbocycles. The van der Waals surface area contributed by atoms with Gasteiger partial charge < -0.3 is 4.79 Å².